The van der Waals surface area contributed by atoms with Crippen LogP contribution in [0, 0.1) is 0 Å². The fourth-order valence-corrected chi connectivity index (χ4v) is 2.12. The van der Waals surface area contributed by atoms with Crippen LogP contribution in [0.4, 0.5) is 0 Å². The first kappa shape index (κ1) is 10.2. The van der Waals surface area contributed by atoms with Crippen molar-refractivity contribution in [2.75, 3.05) is 0 Å². The third kappa shape index (κ3) is 1.75. The second-order valence-corrected chi connectivity index (χ2v) is 4.31. The molecule has 0 bridgehead atoms. The molecule has 0 aliphatic rings. The molecule has 0 saturated carbocycles. The highest BCUT2D eigenvalue weighted by atomic mass is 35.5. The average Bonchev–Trinajstić information content (AvgIpc) is 2.46. The van der Waals surface area contributed by atoms with Gasteiger partial charge in [0.25, 0.3) is 0 Å². The first-order chi connectivity index (χ1) is 7.09. The van der Waals surface area contributed by atoms with Gasteiger partial charge < -0.3 is 0 Å². The number of halogens is 1. The molecule has 0 fully saturated rings. The fourth-order valence-electron chi connectivity index (χ4n) is 1.16. The molecule has 0 amide bonds. The number of rotatable bonds is 1. The van der Waals surface area contributed by atoms with Gasteiger partial charge in [0.05, 0.1) is 5.69 Å². The molecule has 4 nitrogen and oxygen atoms in total. The van der Waals surface area contributed by atoms with Crippen molar-refractivity contribution in [3.05, 3.63) is 49.4 Å². The first-order valence-electron chi connectivity index (χ1n) is 4.15. The van der Waals surface area contributed by atoms with Crippen LogP contribution in [-0.2, 0) is 7.05 Å². The quantitative estimate of drug-likeness (QED) is 0.756. The van der Waals surface area contributed by atoms with Gasteiger partial charge in [0, 0.05) is 23.6 Å². The standard InChI is InChI=1S/C9H7ClN2O2S/c1-11-8(13)12(15-9(11)14)7-4-2-3-6(10)5-7/h2-5H,1H3. The predicted octanol–water partition coefficient (Wildman–Crippen LogP) is 1.25. The third-order valence-corrected chi connectivity index (χ3v) is 3.16. The lowest BCUT2D eigenvalue weighted by Crippen LogP contribution is -2.25. The Morgan fingerprint density at radius 2 is 2.07 bits per heavy atom. The van der Waals surface area contributed by atoms with E-state index in [-0.39, 0.29) is 10.6 Å². The molecule has 2 aromatic rings. The Balaban J connectivity index is 2.70. The van der Waals surface area contributed by atoms with Crippen molar-refractivity contribution in [3.63, 3.8) is 0 Å². The number of hydrogen-bond donors (Lipinski definition) is 0. The van der Waals surface area contributed by atoms with Crippen LogP contribution in [0.3, 0.4) is 0 Å². The van der Waals surface area contributed by atoms with Crippen molar-refractivity contribution in [1.29, 1.82) is 0 Å². The molecule has 0 radical (unpaired) electrons. The van der Waals surface area contributed by atoms with Gasteiger partial charge in [0.1, 0.15) is 0 Å². The Morgan fingerprint density at radius 3 is 2.60 bits per heavy atom. The van der Waals surface area contributed by atoms with E-state index in [1.54, 1.807) is 24.3 Å². The van der Waals surface area contributed by atoms with E-state index in [2.05, 4.69) is 0 Å². The van der Waals surface area contributed by atoms with Crippen molar-refractivity contribution in [1.82, 2.24) is 8.52 Å². The summed E-state index contributed by atoms with van der Waals surface area (Å²) in [4.78, 5) is 22.5. The smallest absolute Gasteiger partial charge is 0.255 e. The minimum Gasteiger partial charge on any atom is -0.255 e. The minimum atomic E-state index is -0.354. The van der Waals surface area contributed by atoms with Crippen LogP contribution in [0.15, 0.2) is 33.9 Å². The molecule has 2 rings (SSSR count). The molecule has 1 aromatic heterocycles. The summed E-state index contributed by atoms with van der Waals surface area (Å²) in [7, 11) is 1.45. The lowest BCUT2D eigenvalue weighted by atomic mass is 10.3. The number of benzene rings is 1. The summed E-state index contributed by atoms with van der Waals surface area (Å²) in [6.07, 6.45) is 0. The molecule has 0 N–H and O–H groups in total. The Labute approximate surface area is 94.1 Å². The van der Waals surface area contributed by atoms with E-state index < -0.39 is 0 Å². The molecule has 0 aliphatic heterocycles. The van der Waals surface area contributed by atoms with Crippen LogP contribution >= 0.6 is 23.1 Å². The molecular weight excluding hydrogens is 236 g/mol. The van der Waals surface area contributed by atoms with Crippen LogP contribution in [-0.4, -0.2) is 8.52 Å². The molecule has 78 valence electrons. The first-order valence-corrected chi connectivity index (χ1v) is 5.30. The maximum atomic E-state index is 11.6. The zero-order valence-electron chi connectivity index (χ0n) is 7.81. The molecule has 15 heavy (non-hydrogen) atoms. The molecular formula is C9H7ClN2O2S. The van der Waals surface area contributed by atoms with Crippen molar-refractivity contribution in [2.24, 2.45) is 7.05 Å². The fraction of sp³-hybridized carbons (Fsp3) is 0.111. The summed E-state index contributed by atoms with van der Waals surface area (Å²) in [6.45, 7) is 0. The maximum absolute atomic E-state index is 11.6. The Hall–Kier alpha value is -1.33. The lowest BCUT2D eigenvalue weighted by molar-refractivity contribution is 0.805. The Bertz CT molecular complexity index is 611. The van der Waals surface area contributed by atoms with Gasteiger partial charge in [-0.05, 0) is 18.2 Å². The normalized spacial score (nSPS) is 10.5. The molecule has 6 heteroatoms. The topological polar surface area (TPSA) is 44.0 Å². The molecule has 0 spiro atoms. The zero-order chi connectivity index (χ0) is 11.0. The van der Waals surface area contributed by atoms with E-state index in [9.17, 15) is 9.59 Å². The SMILES string of the molecule is Cn1c(=O)sn(-c2cccc(Cl)c2)c1=O. The second-order valence-electron chi connectivity index (χ2n) is 2.97. The van der Waals surface area contributed by atoms with Crippen molar-refractivity contribution < 1.29 is 0 Å². The van der Waals surface area contributed by atoms with Gasteiger partial charge in [-0.3, -0.25) is 9.36 Å². The Morgan fingerprint density at radius 1 is 1.33 bits per heavy atom. The van der Waals surface area contributed by atoms with Crippen LogP contribution in [0.1, 0.15) is 0 Å². The van der Waals surface area contributed by atoms with Gasteiger partial charge in [-0.1, -0.05) is 17.7 Å². The molecule has 1 heterocycles. The van der Waals surface area contributed by atoms with Gasteiger partial charge in [-0.15, -0.1) is 0 Å². The van der Waals surface area contributed by atoms with Gasteiger partial charge in [0.15, 0.2) is 0 Å². The maximum Gasteiger partial charge on any atom is 0.345 e. The summed E-state index contributed by atoms with van der Waals surface area (Å²) >= 11 is 6.65. The van der Waals surface area contributed by atoms with Crippen LogP contribution in [0.5, 0.6) is 0 Å². The second kappa shape index (κ2) is 3.67. The minimum absolute atomic E-state index is 0.292. The van der Waals surface area contributed by atoms with E-state index in [1.165, 1.54) is 11.0 Å². The highest BCUT2D eigenvalue weighted by Gasteiger charge is 2.07. The molecule has 0 atom stereocenters. The van der Waals surface area contributed by atoms with Crippen molar-refractivity contribution >= 4 is 23.1 Å². The van der Waals surface area contributed by atoms with E-state index in [4.69, 9.17) is 11.6 Å². The summed E-state index contributed by atoms with van der Waals surface area (Å²) in [6, 6.07) is 6.80. The lowest BCUT2D eigenvalue weighted by Gasteiger charge is -1.98. The largest absolute Gasteiger partial charge is 0.345 e. The van der Waals surface area contributed by atoms with Gasteiger partial charge in [-0.2, -0.15) is 0 Å². The monoisotopic (exact) mass is 242 g/mol. The highest BCUT2D eigenvalue weighted by molar-refractivity contribution is 7.03. The van der Waals surface area contributed by atoms with E-state index >= 15 is 0 Å². The van der Waals surface area contributed by atoms with E-state index in [0.717, 1.165) is 16.1 Å². The predicted molar refractivity (Wildman–Crippen MR) is 60.2 cm³/mol. The number of aromatic nitrogens is 2. The third-order valence-electron chi connectivity index (χ3n) is 1.95. The van der Waals surface area contributed by atoms with E-state index in [1.807, 2.05) is 0 Å². The van der Waals surface area contributed by atoms with Crippen molar-refractivity contribution in [3.8, 4) is 5.69 Å². The average molecular weight is 243 g/mol. The van der Waals surface area contributed by atoms with Gasteiger partial charge >= 0.3 is 10.6 Å². The number of nitrogens with zero attached hydrogens (tertiary/aromatic N) is 2. The van der Waals surface area contributed by atoms with Crippen LogP contribution in [0.25, 0.3) is 5.69 Å². The highest BCUT2D eigenvalue weighted by Crippen LogP contribution is 2.13. The zero-order valence-corrected chi connectivity index (χ0v) is 9.38. The molecule has 0 saturated heterocycles. The van der Waals surface area contributed by atoms with Gasteiger partial charge in [0.2, 0.25) is 0 Å². The summed E-state index contributed by atoms with van der Waals surface area (Å²) in [5, 5.41) is 0.530. The summed E-state index contributed by atoms with van der Waals surface area (Å²) in [5.74, 6) is 0. The summed E-state index contributed by atoms with van der Waals surface area (Å²) < 4.78 is 2.37. The Kier molecular flexibility index (Phi) is 2.50. The number of hydrogen-bond acceptors (Lipinski definition) is 3. The van der Waals surface area contributed by atoms with Crippen LogP contribution < -0.4 is 10.6 Å². The molecule has 0 aliphatic carbocycles. The van der Waals surface area contributed by atoms with Crippen molar-refractivity contribution in [2.45, 2.75) is 0 Å². The summed E-state index contributed by atoms with van der Waals surface area (Å²) in [5.41, 5.74) is 0.252. The van der Waals surface area contributed by atoms with Crippen LogP contribution in [0.2, 0.25) is 5.02 Å². The molecule has 1 aromatic carbocycles. The van der Waals surface area contributed by atoms with E-state index in [0.29, 0.717) is 10.7 Å². The van der Waals surface area contributed by atoms with Gasteiger partial charge in [-0.25, -0.2) is 8.75 Å². The molecule has 0 unspecified atom stereocenters.